The van der Waals surface area contributed by atoms with Gasteiger partial charge in [-0.15, -0.1) is 12.4 Å². The minimum absolute atomic E-state index is 0. The van der Waals surface area contributed by atoms with Crippen LogP contribution in [0.4, 0.5) is 5.69 Å². The number of nitro groups is 1. The largest absolute Gasteiger partial charge is 0.330 e. The van der Waals surface area contributed by atoms with E-state index in [1.807, 2.05) is 0 Å². The maximum absolute atomic E-state index is 12.3. The number of nitrogens with two attached hydrogens (primary N) is 1. The van der Waals surface area contributed by atoms with Gasteiger partial charge in [0.05, 0.1) is 10.7 Å². The van der Waals surface area contributed by atoms with Gasteiger partial charge < -0.3 is 5.73 Å². The highest BCUT2D eigenvalue weighted by atomic mass is 35.5. The highest BCUT2D eigenvalue weighted by Crippen LogP contribution is 2.24. The third-order valence-electron chi connectivity index (χ3n) is 4.05. The third kappa shape index (κ3) is 5.72. The molecule has 1 aliphatic carbocycles. The molecule has 1 fully saturated rings. The van der Waals surface area contributed by atoms with E-state index >= 15 is 0 Å². The van der Waals surface area contributed by atoms with E-state index in [4.69, 9.17) is 5.73 Å². The molecular weight excluding hydrogens is 342 g/mol. The van der Waals surface area contributed by atoms with Crippen LogP contribution in [-0.2, 0) is 15.8 Å². The van der Waals surface area contributed by atoms with Crippen molar-refractivity contribution in [3.05, 3.63) is 39.9 Å². The zero-order valence-corrected chi connectivity index (χ0v) is 14.3. The Balaban J connectivity index is 0.00000264. The number of hydrogen-bond donors (Lipinski definition) is 2. The normalized spacial score (nSPS) is 21.4. The Morgan fingerprint density at radius 3 is 2.39 bits per heavy atom. The van der Waals surface area contributed by atoms with Gasteiger partial charge in [0.1, 0.15) is 0 Å². The summed E-state index contributed by atoms with van der Waals surface area (Å²) in [6.45, 7) is 0.477. The predicted molar refractivity (Wildman–Crippen MR) is 90.9 cm³/mol. The number of nitro benzene ring substituents is 1. The van der Waals surface area contributed by atoms with Gasteiger partial charge in [-0.3, -0.25) is 10.1 Å². The van der Waals surface area contributed by atoms with Gasteiger partial charge in [-0.25, -0.2) is 13.1 Å². The second-order valence-electron chi connectivity index (χ2n) is 5.69. The lowest BCUT2D eigenvalue weighted by Gasteiger charge is -2.31. The SMILES string of the molecule is Cl.NCC1CCCCC1NS(=O)(=O)Cc1ccc([N+](=O)[O-])cc1. The summed E-state index contributed by atoms with van der Waals surface area (Å²) in [5, 5.41) is 10.6. The summed E-state index contributed by atoms with van der Waals surface area (Å²) >= 11 is 0. The first-order chi connectivity index (χ1) is 10.4. The van der Waals surface area contributed by atoms with Crippen molar-refractivity contribution >= 4 is 28.1 Å². The maximum Gasteiger partial charge on any atom is 0.269 e. The Labute approximate surface area is 142 Å². The van der Waals surface area contributed by atoms with Gasteiger partial charge in [0.2, 0.25) is 10.0 Å². The van der Waals surface area contributed by atoms with Crippen LogP contribution in [0.1, 0.15) is 31.2 Å². The molecule has 0 aromatic heterocycles. The maximum atomic E-state index is 12.3. The molecular formula is C14H22ClN3O4S. The molecule has 0 heterocycles. The first-order valence-electron chi connectivity index (χ1n) is 7.34. The Morgan fingerprint density at radius 2 is 1.83 bits per heavy atom. The molecule has 130 valence electrons. The molecule has 2 rings (SSSR count). The number of halogens is 1. The molecule has 0 radical (unpaired) electrons. The average Bonchev–Trinajstić information content (AvgIpc) is 2.47. The summed E-state index contributed by atoms with van der Waals surface area (Å²) < 4.78 is 27.3. The van der Waals surface area contributed by atoms with E-state index in [1.54, 1.807) is 0 Å². The minimum Gasteiger partial charge on any atom is -0.330 e. The van der Waals surface area contributed by atoms with Crippen LogP contribution in [0, 0.1) is 16.0 Å². The molecule has 2 unspecified atom stereocenters. The molecule has 9 heteroatoms. The summed E-state index contributed by atoms with van der Waals surface area (Å²) in [4.78, 5) is 10.1. The van der Waals surface area contributed by atoms with Crippen molar-refractivity contribution in [1.29, 1.82) is 0 Å². The zero-order chi connectivity index (χ0) is 16.2. The van der Waals surface area contributed by atoms with Crippen LogP contribution in [0.5, 0.6) is 0 Å². The number of nitrogens with zero attached hydrogens (tertiary/aromatic N) is 1. The second kappa shape index (κ2) is 8.58. The van der Waals surface area contributed by atoms with E-state index in [0.717, 1.165) is 25.7 Å². The van der Waals surface area contributed by atoms with Gasteiger partial charge in [-0.05, 0) is 30.9 Å². The van der Waals surface area contributed by atoms with Crippen molar-refractivity contribution in [2.24, 2.45) is 11.7 Å². The van der Waals surface area contributed by atoms with Gasteiger partial charge in [-0.2, -0.15) is 0 Å². The Kier molecular flexibility index (Phi) is 7.40. The van der Waals surface area contributed by atoms with Crippen LogP contribution < -0.4 is 10.5 Å². The lowest BCUT2D eigenvalue weighted by atomic mass is 9.85. The number of sulfonamides is 1. The molecule has 0 amide bonds. The topological polar surface area (TPSA) is 115 Å². The highest BCUT2D eigenvalue weighted by molar-refractivity contribution is 7.88. The van der Waals surface area contributed by atoms with E-state index in [2.05, 4.69) is 4.72 Å². The molecule has 0 spiro atoms. The second-order valence-corrected chi connectivity index (χ2v) is 7.44. The van der Waals surface area contributed by atoms with Gasteiger partial charge in [0.15, 0.2) is 0 Å². The van der Waals surface area contributed by atoms with Gasteiger partial charge in [-0.1, -0.05) is 25.0 Å². The zero-order valence-electron chi connectivity index (χ0n) is 12.7. The molecule has 1 saturated carbocycles. The molecule has 1 aromatic rings. The lowest BCUT2D eigenvalue weighted by Crippen LogP contribution is -2.45. The smallest absolute Gasteiger partial charge is 0.269 e. The minimum atomic E-state index is -3.49. The van der Waals surface area contributed by atoms with Gasteiger partial charge in [0.25, 0.3) is 5.69 Å². The van der Waals surface area contributed by atoms with Crippen molar-refractivity contribution in [3.8, 4) is 0 Å². The van der Waals surface area contributed by atoms with Crippen LogP contribution in [-0.4, -0.2) is 25.9 Å². The highest BCUT2D eigenvalue weighted by Gasteiger charge is 2.27. The lowest BCUT2D eigenvalue weighted by molar-refractivity contribution is -0.384. The molecule has 23 heavy (non-hydrogen) atoms. The summed E-state index contributed by atoms with van der Waals surface area (Å²) in [6.07, 6.45) is 3.84. The monoisotopic (exact) mass is 363 g/mol. The van der Waals surface area contributed by atoms with E-state index in [-0.39, 0.29) is 35.8 Å². The van der Waals surface area contributed by atoms with Crippen molar-refractivity contribution < 1.29 is 13.3 Å². The van der Waals surface area contributed by atoms with Gasteiger partial charge in [0, 0.05) is 18.2 Å². The molecule has 3 N–H and O–H groups in total. The quantitative estimate of drug-likeness (QED) is 0.592. The van der Waals surface area contributed by atoms with E-state index in [1.165, 1.54) is 24.3 Å². The number of benzene rings is 1. The van der Waals surface area contributed by atoms with E-state index in [0.29, 0.717) is 12.1 Å². The van der Waals surface area contributed by atoms with Crippen LogP contribution in [0.2, 0.25) is 0 Å². The third-order valence-corrected chi connectivity index (χ3v) is 5.42. The molecule has 1 aliphatic rings. The summed E-state index contributed by atoms with van der Waals surface area (Å²) in [5.74, 6) is -0.000847. The van der Waals surface area contributed by atoms with E-state index < -0.39 is 14.9 Å². The molecule has 0 saturated heterocycles. The van der Waals surface area contributed by atoms with Crippen molar-refractivity contribution in [2.75, 3.05) is 6.54 Å². The van der Waals surface area contributed by atoms with Crippen molar-refractivity contribution in [1.82, 2.24) is 4.72 Å². The first kappa shape index (κ1) is 19.8. The van der Waals surface area contributed by atoms with Crippen molar-refractivity contribution in [2.45, 2.75) is 37.5 Å². The molecule has 2 atom stereocenters. The number of hydrogen-bond acceptors (Lipinski definition) is 5. The Hall–Kier alpha value is -1.22. The van der Waals surface area contributed by atoms with Crippen LogP contribution in [0.3, 0.4) is 0 Å². The summed E-state index contributed by atoms with van der Waals surface area (Å²) in [5.41, 5.74) is 6.19. The Morgan fingerprint density at radius 1 is 1.22 bits per heavy atom. The molecule has 7 nitrogen and oxygen atoms in total. The fourth-order valence-electron chi connectivity index (χ4n) is 2.85. The van der Waals surface area contributed by atoms with Crippen LogP contribution >= 0.6 is 12.4 Å². The molecule has 0 aliphatic heterocycles. The van der Waals surface area contributed by atoms with Crippen LogP contribution in [0.15, 0.2) is 24.3 Å². The fraction of sp³-hybridized carbons (Fsp3) is 0.571. The predicted octanol–water partition coefficient (Wildman–Crippen LogP) is 1.95. The van der Waals surface area contributed by atoms with Gasteiger partial charge >= 0.3 is 0 Å². The van der Waals surface area contributed by atoms with Crippen molar-refractivity contribution in [3.63, 3.8) is 0 Å². The summed E-state index contributed by atoms with van der Waals surface area (Å²) in [7, 11) is -3.49. The number of rotatable bonds is 6. The standard InChI is InChI=1S/C14H21N3O4S.ClH/c15-9-12-3-1-2-4-14(12)16-22(20,21)10-11-5-7-13(8-6-11)17(18)19;/h5-8,12,14,16H,1-4,9-10,15H2;1H. The van der Waals surface area contributed by atoms with Crippen LogP contribution in [0.25, 0.3) is 0 Å². The average molecular weight is 364 g/mol. The summed E-state index contributed by atoms with van der Waals surface area (Å²) in [6, 6.07) is 5.46. The fourth-order valence-corrected chi connectivity index (χ4v) is 4.34. The molecule has 1 aromatic carbocycles. The number of non-ortho nitro benzene ring substituents is 1. The molecule has 0 bridgehead atoms. The Bertz CT molecular complexity index is 621. The number of nitrogens with one attached hydrogen (secondary N) is 1. The van der Waals surface area contributed by atoms with E-state index in [9.17, 15) is 18.5 Å². The first-order valence-corrected chi connectivity index (χ1v) is 9.00.